The van der Waals surface area contributed by atoms with Crippen LogP contribution in [0.15, 0.2) is 39.6 Å². The van der Waals surface area contributed by atoms with Crippen molar-refractivity contribution in [2.24, 2.45) is 0 Å². The maximum atomic E-state index is 12.7. The van der Waals surface area contributed by atoms with Gasteiger partial charge in [-0.2, -0.15) is 0 Å². The van der Waals surface area contributed by atoms with Gasteiger partial charge in [0.1, 0.15) is 11.5 Å². The van der Waals surface area contributed by atoms with Crippen LogP contribution < -0.4 is 4.72 Å². The monoisotopic (exact) mass is 394 g/mol. The molecule has 0 bridgehead atoms. The summed E-state index contributed by atoms with van der Waals surface area (Å²) < 4.78 is 33.6. The minimum atomic E-state index is -3.92. The number of nitro groups is 1. The fraction of sp³-hybridized carbons (Fsp3) is 0.389. The van der Waals surface area contributed by atoms with Crippen LogP contribution in [0.4, 0.5) is 5.69 Å². The van der Waals surface area contributed by atoms with Crippen LogP contribution in [0.5, 0.6) is 0 Å². The van der Waals surface area contributed by atoms with E-state index >= 15 is 0 Å². The molecule has 0 fully saturated rings. The molecule has 27 heavy (non-hydrogen) atoms. The lowest BCUT2D eigenvalue weighted by atomic mass is 10.1. The molecule has 1 aromatic heterocycles. The predicted octanol–water partition coefficient (Wildman–Crippen LogP) is 3.91. The van der Waals surface area contributed by atoms with Gasteiger partial charge in [-0.05, 0) is 38.5 Å². The van der Waals surface area contributed by atoms with Gasteiger partial charge in [0.25, 0.3) is 5.69 Å². The van der Waals surface area contributed by atoms with Crippen LogP contribution in [0.1, 0.15) is 61.0 Å². The van der Waals surface area contributed by atoms with E-state index < -0.39 is 21.0 Å². The number of nitro benzene ring substituents is 1. The third-order valence-corrected chi connectivity index (χ3v) is 5.65. The summed E-state index contributed by atoms with van der Waals surface area (Å²) in [7, 11) is -3.92. The molecule has 1 N–H and O–H groups in total. The van der Waals surface area contributed by atoms with Crippen molar-refractivity contribution in [1.29, 1.82) is 0 Å². The van der Waals surface area contributed by atoms with Crippen LogP contribution in [0.25, 0.3) is 0 Å². The number of Topliss-reactive ketones (excluding diaryl/α,β-unsaturated/α-hetero) is 1. The number of unbranched alkanes of at least 4 members (excludes halogenated alkanes) is 1. The summed E-state index contributed by atoms with van der Waals surface area (Å²) in [6.07, 6.45) is 2.10. The first-order valence-electron chi connectivity index (χ1n) is 8.53. The topological polar surface area (TPSA) is 120 Å². The van der Waals surface area contributed by atoms with Crippen LogP contribution in [0.2, 0.25) is 0 Å². The maximum absolute atomic E-state index is 12.7. The minimum absolute atomic E-state index is 0.0790. The molecule has 0 radical (unpaired) electrons. The highest BCUT2D eigenvalue weighted by molar-refractivity contribution is 7.89. The molecule has 0 aliphatic carbocycles. The van der Waals surface area contributed by atoms with E-state index in [0.717, 1.165) is 25.0 Å². The van der Waals surface area contributed by atoms with Crippen molar-refractivity contribution in [3.63, 3.8) is 0 Å². The molecule has 8 nitrogen and oxygen atoms in total. The van der Waals surface area contributed by atoms with Crippen LogP contribution in [-0.4, -0.2) is 19.1 Å². The zero-order chi connectivity index (χ0) is 20.2. The van der Waals surface area contributed by atoms with Crippen molar-refractivity contribution in [2.75, 3.05) is 0 Å². The Morgan fingerprint density at radius 2 is 1.93 bits per heavy atom. The molecule has 1 unspecified atom stereocenters. The summed E-state index contributed by atoms with van der Waals surface area (Å²) in [5.41, 5.74) is 0.227. The highest BCUT2D eigenvalue weighted by Gasteiger charge is 2.25. The molecule has 2 rings (SSSR count). The third-order valence-electron chi connectivity index (χ3n) is 4.16. The van der Waals surface area contributed by atoms with E-state index in [2.05, 4.69) is 4.72 Å². The second-order valence-electron chi connectivity index (χ2n) is 6.24. The number of carbonyl (C=O) groups excluding carboxylic acids is 1. The van der Waals surface area contributed by atoms with Crippen molar-refractivity contribution in [2.45, 2.75) is 51.0 Å². The van der Waals surface area contributed by atoms with Crippen LogP contribution in [0, 0.1) is 17.0 Å². The average molecular weight is 394 g/mol. The van der Waals surface area contributed by atoms with E-state index in [1.54, 1.807) is 13.0 Å². The predicted molar refractivity (Wildman–Crippen MR) is 99.1 cm³/mol. The van der Waals surface area contributed by atoms with Crippen molar-refractivity contribution in [1.82, 2.24) is 4.72 Å². The number of nitrogens with one attached hydrogen (secondary N) is 1. The molecule has 146 valence electrons. The summed E-state index contributed by atoms with van der Waals surface area (Å²) in [6.45, 7) is 5.06. The molecule has 0 saturated carbocycles. The molecule has 2 aromatic rings. The quantitative estimate of drug-likeness (QED) is 0.391. The van der Waals surface area contributed by atoms with Gasteiger partial charge in [-0.3, -0.25) is 14.9 Å². The maximum Gasteiger partial charge on any atom is 0.269 e. The van der Waals surface area contributed by atoms with E-state index in [9.17, 15) is 23.3 Å². The molecule has 0 saturated heterocycles. The Kier molecular flexibility index (Phi) is 6.50. The fourth-order valence-electron chi connectivity index (χ4n) is 2.70. The number of ketones is 1. The van der Waals surface area contributed by atoms with Gasteiger partial charge in [-0.15, -0.1) is 0 Å². The van der Waals surface area contributed by atoms with Crippen LogP contribution in [0.3, 0.4) is 0 Å². The zero-order valence-corrected chi connectivity index (χ0v) is 16.2. The van der Waals surface area contributed by atoms with E-state index in [4.69, 9.17) is 4.42 Å². The lowest BCUT2D eigenvalue weighted by Gasteiger charge is -2.16. The molecule has 9 heteroatoms. The Hall–Kier alpha value is -2.52. The first-order chi connectivity index (χ1) is 12.7. The van der Waals surface area contributed by atoms with Gasteiger partial charge in [-0.25, -0.2) is 13.1 Å². The number of aryl methyl sites for hydroxylation is 1. The Labute approximate surface area is 157 Å². The smallest absolute Gasteiger partial charge is 0.269 e. The molecular formula is C18H22N2O6S. The zero-order valence-electron chi connectivity index (χ0n) is 15.4. The standard InChI is InChI=1S/C18H22N2O6S/c1-4-5-6-17(18-11-16(12(2)21)13(3)26-18)19-27(24,25)15-9-7-14(8-10-15)20(22)23/h7-11,17,19H,4-6H2,1-3H3. The van der Waals surface area contributed by atoms with E-state index in [-0.39, 0.29) is 16.4 Å². The van der Waals surface area contributed by atoms with Gasteiger partial charge in [0.05, 0.1) is 21.4 Å². The summed E-state index contributed by atoms with van der Waals surface area (Å²) in [5.74, 6) is 0.653. The molecule has 0 spiro atoms. The molecule has 0 aliphatic rings. The van der Waals surface area contributed by atoms with Crippen LogP contribution in [-0.2, 0) is 10.0 Å². The Morgan fingerprint density at radius 1 is 1.30 bits per heavy atom. The van der Waals surface area contributed by atoms with E-state index in [1.807, 2.05) is 6.92 Å². The number of hydrogen-bond donors (Lipinski definition) is 1. The van der Waals surface area contributed by atoms with E-state index in [1.165, 1.54) is 19.1 Å². The van der Waals surface area contributed by atoms with Gasteiger partial charge >= 0.3 is 0 Å². The fourth-order valence-corrected chi connectivity index (χ4v) is 3.94. The second kappa shape index (κ2) is 8.45. The molecule has 1 heterocycles. The minimum Gasteiger partial charge on any atom is -0.464 e. The number of rotatable bonds is 9. The van der Waals surface area contributed by atoms with E-state index in [0.29, 0.717) is 23.5 Å². The van der Waals surface area contributed by atoms with Crippen molar-refractivity contribution in [3.8, 4) is 0 Å². The number of benzene rings is 1. The normalized spacial score (nSPS) is 12.7. The number of nitrogens with zero attached hydrogens (tertiary/aromatic N) is 1. The van der Waals surface area contributed by atoms with Crippen LogP contribution >= 0.6 is 0 Å². The summed E-state index contributed by atoms with van der Waals surface area (Å²) in [5, 5.41) is 10.7. The summed E-state index contributed by atoms with van der Waals surface area (Å²) in [4.78, 5) is 21.7. The first kappa shape index (κ1) is 20.8. The number of sulfonamides is 1. The van der Waals surface area contributed by atoms with Crippen molar-refractivity contribution >= 4 is 21.5 Å². The Bertz CT molecular complexity index is 931. The highest BCUT2D eigenvalue weighted by atomic mass is 32.2. The SMILES string of the molecule is CCCCC(NS(=O)(=O)c1ccc([N+](=O)[O-])cc1)c1cc(C(C)=O)c(C)o1. The van der Waals surface area contributed by atoms with Crippen molar-refractivity contribution in [3.05, 3.63) is 57.5 Å². The average Bonchev–Trinajstić information content (AvgIpc) is 3.00. The number of non-ortho nitro benzene ring substituents is 1. The largest absolute Gasteiger partial charge is 0.464 e. The molecule has 1 atom stereocenters. The molecular weight excluding hydrogens is 372 g/mol. The van der Waals surface area contributed by atoms with Gasteiger partial charge < -0.3 is 4.42 Å². The van der Waals surface area contributed by atoms with Gasteiger partial charge in [0.2, 0.25) is 10.0 Å². The molecule has 1 aromatic carbocycles. The lowest BCUT2D eigenvalue weighted by Crippen LogP contribution is -2.28. The number of carbonyl (C=O) groups is 1. The highest BCUT2D eigenvalue weighted by Crippen LogP contribution is 2.27. The second-order valence-corrected chi connectivity index (χ2v) is 7.96. The summed E-state index contributed by atoms with van der Waals surface area (Å²) in [6, 6.07) is 5.58. The Balaban J connectivity index is 2.32. The Morgan fingerprint density at radius 3 is 2.41 bits per heavy atom. The lowest BCUT2D eigenvalue weighted by molar-refractivity contribution is -0.384. The van der Waals surface area contributed by atoms with Gasteiger partial charge in [-0.1, -0.05) is 19.8 Å². The summed E-state index contributed by atoms with van der Waals surface area (Å²) >= 11 is 0. The van der Waals surface area contributed by atoms with Gasteiger partial charge in [0.15, 0.2) is 5.78 Å². The van der Waals surface area contributed by atoms with Crippen molar-refractivity contribution < 1.29 is 22.6 Å². The van der Waals surface area contributed by atoms with Gasteiger partial charge in [0, 0.05) is 12.1 Å². The number of furan rings is 1. The molecule has 0 amide bonds. The third kappa shape index (κ3) is 5.01. The first-order valence-corrected chi connectivity index (χ1v) is 10.0. The number of hydrogen-bond acceptors (Lipinski definition) is 6. The molecule has 0 aliphatic heterocycles.